The molecule has 3 atom stereocenters. The smallest absolute Gasteiger partial charge is 0.203 e. The third-order valence-corrected chi connectivity index (χ3v) is 7.30. The van der Waals surface area contributed by atoms with Crippen LogP contribution in [0.15, 0.2) is 0 Å². The van der Waals surface area contributed by atoms with E-state index in [1.54, 1.807) is 6.66 Å². The Bertz CT molecular complexity index is 394. The van der Waals surface area contributed by atoms with E-state index < -0.39 is 7.37 Å². The molecule has 5 nitrogen and oxygen atoms in total. The highest BCUT2D eigenvalue weighted by atomic mass is 31.2. The van der Waals surface area contributed by atoms with Gasteiger partial charge in [0.1, 0.15) is 25.3 Å². The first-order chi connectivity index (χ1) is 9.68. The highest BCUT2D eigenvalue weighted by Crippen LogP contribution is 2.53. The van der Waals surface area contributed by atoms with E-state index in [4.69, 9.17) is 15.0 Å². The number of likely N-dealkylation sites (N-methyl/N-ethyl adjacent to an activating group) is 1. The van der Waals surface area contributed by atoms with Crippen molar-refractivity contribution in [3.63, 3.8) is 0 Å². The largest absolute Gasteiger partial charge is 0.361 e. The Labute approximate surface area is 129 Å². The number of ether oxygens (including phenoxy) is 1. The molecule has 0 aromatic heterocycles. The maximum Gasteiger partial charge on any atom is 0.203 e. The van der Waals surface area contributed by atoms with Gasteiger partial charge < -0.3 is 19.5 Å². The zero-order valence-corrected chi connectivity index (χ0v) is 14.9. The predicted molar refractivity (Wildman–Crippen MR) is 85.9 cm³/mol. The number of hydrogen-bond acceptors (Lipinski definition) is 4. The summed E-state index contributed by atoms with van der Waals surface area (Å²) < 4.78 is 25.6. The lowest BCUT2D eigenvalue weighted by Crippen LogP contribution is -2.56. The van der Waals surface area contributed by atoms with Crippen LogP contribution in [0, 0.1) is 0 Å². The van der Waals surface area contributed by atoms with Crippen LogP contribution >= 0.6 is 7.37 Å². The van der Waals surface area contributed by atoms with Crippen molar-refractivity contribution >= 4 is 7.37 Å². The van der Waals surface area contributed by atoms with Crippen molar-refractivity contribution in [2.45, 2.75) is 56.5 Å². The fraction of sp³-hybridized carbons (Fsp3) is 1.00. The zero-order valence-electron chi connectivity index (χ0n) is 14.0. The van der Waals surface area contributed by atoms with Crippen LogP contribution in [0.5, 0.6) is 0 Å². The molecule has 0 spiro atoms. The summed E-state index contributed by atoms with van der Waals surface area (Å²) in [6.07, 6.45) is 4.06. The van der Waals surface area contributed by atoms with Gasteiger partial charge in [0, 0.05) is 18.4 Å². The van der Waals surface area contributed by atoms with Crippen LogP contribution < -0.4 is 5.73 Å². The van der Waals surface area contributed by atoms with Crippen LogP contribution in [0.2, 0.25) is 0 Å². The molecule has 21 heavy (non-hydrogen) atoms. The maximum atomic E-state index is 12.8. The molecule has 0 aromatic carbocycles. The molecule has 2 N–H and O–H groups in total. The minimum absolute atomic E-state index is 0.0443. The Kier molecular flexibility index (Phi) is 5.54. The highest BCUT2D eigenvalue weighted by molar-refractivity contribution is 7.58. The van der Waals surface area contributed by atoms with Crippen molar-refractivity contribution < 1.29 is 18.3 Å². The first kappa shape index (κ1) is 17.4. The van der Waals surface area contributed by atoms with E-state index in [9.17, 15) is 4.57 Å². The fourth-order valence-electron chi connectivity index (χ4n) is 3.74. The molecule has 2 rings (SSSR count). The third kappa shape index (κ3) is 5.04. The molecule has 1 aliphatic heterocycles. The summed E-state index contributed by atoms with van der Waals surface area (Å²) in [6.45, 7) is 6.27. The van der Waals surface area contributed by atoms with E-state index in [1.807, 2.05) is 0 Å². The van der Waals surface area contributed by atoms with Crippen LogP contribution in [0.25, 0.3) is 0 Å². The number of hydrogen-bond donors (Lipinski definition) is 1. The molecule has 0 bridgehead atoms. The molecule has 1 heterocycles. The first-order valence-electron chi connectivity index (χ1n) is 8.13. The van der Waals surface area contributed by atoms with Crippen molar-refractivity contribution in [2.24, 2.45) is 5.73 Å². The topological polar surface area (TPSA) is 61.5 Å². The molecule has 2 aliphatic rings. The summed E-state index contributed by atoms with van der Waals surface area (Å²) in [5.74, 6) is 0. The summed E-state index contributed by atoms with van der Waals surface area (Å²) in [4.78, 5) is 0. The van der Waals surface area contributed by atoms with Crippen molar-refractivity contribution in [2.75, 3.05) is 40.5 Å². The molecule has 6 heteroatoms. The molecule has 124 valence electrons. The van der Waals surface area contributed by atoms with Crippen LogP contribution in [-0.2, 0) is 13.8 Å². The van der Waals surface area contributed by atoms with Gasteiger partial charge in [0.15, 0.2) is 0 Å². The molecular formula is C15H32N2O3P+. The Morgan fingerprint density at radius 2 is 1.86 bits per heavy atom. The minimum Gasteiger partial charge on any atom is -0.361 e. The van der Waals surface area contributed by atoms with Gasteiger partial charge in [0.2, 0.25) is 7.37 Å². The summed E-state index contributed by atoms with van der Waals surface area (Å²) in [7, 11) is 1.85. The second kappa shape index (κ2) is 6.67. The van der Waals surface area contributed by atoms with E-state index >= 15 is 0 Å². The van der Waals surface area contributed by atoms with E-state index in [0.717, 1.165) is 43.3 Å². The van der Waals surface area contributed by atoms with Gasteiger partial charge in [-0.2, -0.15) is 0 Å². The number of quaternary nitrogens is 1. The highest BCUT2D eigenvalue weighted by Gasteiger charge is 2.36. The SMILES string of the molecule is CC1C[N+](C)(C)CC(COP(C)(=O)C2CCC(N)CC2)O1. The van der Waals surface area contributed by atoms with Crippen molar-refractivity contribution in [3.8, 4) is 0 Å². The Morgan fingerprint density at radius 3 is 2.43 bits per heavy atom. The molecule has 0 radical (unpaired) electrons. The van der Waals surface area contributed by atoms with Crippen LogP contribution in [-0.4, -0.2) is 68.8 Å². The summed E-state index contributed by atoms with van der Waals surface area (Å²) in [5, 5.41) is 0. The predicted octanol–water partition coefficient (Wildman–Crippen LogP) is 2.04. The van der Waals surface area contributed by atoms with Gasteiger partial charge in [0.05, 0.1) is 20.7 Å². The molecule has 0 amide bonds. The van der Waals surface area contributed by atoms with Crippen LogP contribution in [0.3, 0.4) is 0 Å². The minimum atomic E-state index is -2.57. The number of rotatable bonds is 4. The molecule has 3 unspecified atom stereocenters. The zero-order chi connectivity index (χ0) is 15.7. The van der Waals surface area contributed by atoms with Gasteiger partial charge in [0.25, 0.3) is 0 Å². The summed E-state index contributed by atoms with van der Waals surface area (Å²) >= 11 is 0. The van der Waals surface area contributed by atoms with Crippen molar-refractivity contribution in [1.82, 2.24) is 0 Å². The normalized spacial score (nSPS) is 39.7. The molecule has 1 saturated carbocycles. The van der Waals surface area contributed by atoms with E-state index in [2.05, 4.69) is 21.0 Å². The number of nitrogens with two attached hydrogens (primary N) is 1. The molecular weight excluding hydrogens is 287 g/mol. The van der Waals surface area contributed by atoms with Gasteiger partial charge in [-0.15, -0.1) is 0 Å². The Hall–Kier alpha value is 0.0700. The van der Waals surface area contributed by atoms with Gasteiger partial charge in [-0.05, 0) is 32.6 Å². The second-order valence-electron chi connectivity index (χ2n) is 7.64. The van der Waals surface area contributed by atoms with E-state index in [1.165, 1.54) is 0 Å². The van der Waals surface area contributed by atoms with Gasteiger partial charge in [-0.3, -0.25) is 4.57 Å². The van der Waals surface area contributed by atoms with Crippen molar-refractivity contribution in [3.05, 3.63) is 0 Å². The van der Waals surface area contributed by atoms with E-state index in [-0.39, 0.29) is 23.9 Å². The fourth-order valence-corrected chi connectivity index (χ4v) is 5.64. The lowest BCUT2D eigenvalue weighted by Gasteiger charge is -2.41. The third-order valence-electron chi connectivity index (χ3n) is 4.80. The average Bonchev–Trinajstić information content (AvgIpc) is 2.35. The molecule has 2 fully saturated rings. The van der Waals surface area contributed by atoms with Crippen LogP contribution in [0.4, 0.5) is 0 Å². The number of morpholine rings is 1. The molecule has 0 aromatic rings. The van der Waals surface area contributed by atoms with E-state index in [0.29, 0.717) is 6.61 Å². The average molecular weight is 319 g/mol. The number of nitrogens with zero attached hydrogens (tertiary/aromatic N) is 1. The second-order valence-corrected chi connectivity index (χ2v) is 10.4. The van der Waals surface area contributed by atoms with Gasteiger partial charge in [-0.1, -0.05) is 0 Å². The lowest BCUT2D eigenvalue weighted by atomic mass is 9.96. The van der Waals surface area contributed by atoms with Gasteiger partial charge >= 0.3 is 0 Å². The first-order valence-corrected chi connectivity index (χ1v) is 10.3. The maximum absolute atomic E-state index is 12.8. The molecule has 1 aliphatic carbocycles. The summed E-state index contributed by atoms with van der Waals surface area (Å²) in [5.41, 5.74) is 6.10. The summed E-state index contributed by atoms with van der Waals surface area (Å²) in [6, 6.07) is 0.280. The van der Waals surface area contributed by atoms with Crippen molar-refractivity contribution in [1.29, 1.82) is 0 Å². The Balaban J connectivity index is 1.85. The molecule has 1 saturated heterocycles. The monoisotopic (exact) mass is 319 g/mol. The Morgan fingerprint density at radius 1 is 1.24 bits per heavy atom. The van der Waals surface area contributed by atoms with Crippen LogP contribution in [0.1, 0.15) is 32.6 Å². The standard InChI is InChI=1S/C15H32N2O3P/c1-12-9-17(2,3)10-14(20-12)11-19-21(4,18)15-7-5-13(16)6-8-15/h12-15H,5-11,16H2,1-4H3/q+1. The quantitative estimate of drug-likeness (QED) is 0.636. The van der Waals surface area contributed by atoms with Gasteiger partial charge in [-0.25, -0.2) is 0 Å². The lowest BCUT2D eigenvalue weighted by molar-refractivity contribution is -0.905.